The van der Waals surface area contributed by atoms with Gasteiger partial charge in [0.1, 0.15) is 17.3 Å². The molecular formula is C20H16ClN3O5. The number of benzene rings is 2. The van der Waals surface area contributed by atoms with Crippen LogP contribution >= 0.6 is 11.6 Å². The third-order valence-corrected chi connectivity index (χ3v) is 4.30. The second-order valence-corrected chi connectivity index (χ2v) is 6.38. The van der Waals surface area contributed by atoms with Gasteiger partial charge in [0, 0.05) is 11.1 Å². The van der Waals surface area contributed by atoms with E-state index < -0.39 is 10.8 Å². The van der Waals surface area contributed by atoms with E-state index in [-0.39, 0.29) is 12.3 Å². The van der Waals surface area contributed by atoms with E-state index in [0.29, 0.717) is 27.9 Å². The molecule has 0 fully saturated rings. The van der Waals surface area contributed by atoms with Crippen molar-refractivity contribution in [1.29, 1.82) is 0 Å². The number of carbonyl (C=O) groups excluding carboxylic acids is 1. The number of rotatable bonds is 7. The second kappa shape index (κ2) is 9.03. The van der Waals surface area contributed by atoms with Gasteiger partial charge in [-0.15, -0.1) is 0 Å². The van der Waals surface area contributed by atoms with Crippen molar-refractivity contribution in [3.8, 4) is 17.1 Å². The Bertz CT molecular complexity index is 1080. The minimum absolute atomic E-state index is 0.0618. The Labute approximate surface area is 170 Å². The zero-order chi connectivity index (χ0) is 20.8. The molecule has 9 heteroatoms. The first-order chi connectivity index (χ1) is 13.9. The molecule has 1 aromatic heterocycles. The minimum Gasteiger partial charge on any atom is -0.484 e. The van der Waals surface area contributed by atoms with Crippen LogP contribution in [0.3, 0.4) is 0 Å². The first-order valence-electron chi connectivity index (χ1n) is 8.48. The van der Waals surface area contributed by atoms with Gasteiger partial charge in [-0.3, -0.25) is 14.9 Å². The molecule has 0 aliphatic carbocycles. The van der Waals surface area contributed by atoms with Crippen molar-refractivity contribution in [2.45, 2.75) is 6.92 Å². The summed E-state index contributed by atoms with van der Waals surface area (Å²) < 4.78 is 10.9. The standard InChI is InChI=1S/C20H16ClN3O5/c1-13-10-14(6-8-17(13)21)28-12-20(25)23-22-11-15-7-9-19(29-15)16-4-2-3-5-18(16)24(26)27/h2-11H,12H2,1H3,(H,23,25)/b22-11+. The normalized spacial score (nSPS) is 10.8. The lowest BCUT2D eigenvalue weighted by atomic mass is 10.1. The summed E-state index contributed by atoms with van der Waals surface area (Å²) in [6, 6.07) is 14.5. The van der Waals surface area contributed by atoms with Crippen LogP contribution in [0.2, 0.25) is 5.02 Å². The molecule has 1 N–H and O–H groups in total. The quantitative estimate of drug-likeness (QED) is 0.352. The summed E-state index contributed by atoms with van der Waals surface area (Å²) >= 11 is 5.94. The lowest BCUT2D eigenvalue weighted by Crippen LogP contribution is -2.24. The van der Waals surface area contributed by atoms with Crippen LogP contribution in [-0.4, -0.2) is 23.7 Å². The van der Waals surface area contributed by atoms with Crippen LogP contribution in [-0.2, 0) is 4.79 Å². The lowest BCUT2D eigenvalue weighted by Gasteiger charge is -2.06. The van der Waals surface area contributed by atoms with Crippen molar-refractivity contribution in [1.82, 2.24) is 5.43 Å². The number of hydrogen-bond donors (Lipinski definition) is 1. The summed E-state index contributed by atoms with van der Waals surface area (Å²) in [6.45, 7) is 1.61. The maximum Gasteiger partial charge on any atom is 0.280 e. The van der Waals surface area contributed by atoms with E-state index in [0.717, 1.165) is 5.56 Å². The molecule has 0 saturated carbocycles. The molecule has 8 nitrogen and oxygen atoms in total. The summed E-state index contributed by atoms with van der Waals surface area (Å²) in [5.41, 5.74) is 3.45. The summed E-state index contributed by atoms with van der Waals surface area (Å²) in [7, 11) is 0. The number of nitrogens with zero attached hydrogens (tertiary/aromatic N) is 2. The van der Waals surface area contributed by atoms with E-state index in [1.165, 1.54) is 12.3 Å². The fraction of sp³-hybridized carbons (Fsp3) is 0.100. The molecular weight excluding hydrogens is 398 g/mol. The molecule has 0 aliphatic heterocycles. The van der Waals surface area contributed by atoms with Gasteiger partial charge in [0.05, 0.1) is 16.7 Å². The third kappa shape index (κ3) is 5.20. The Balaban J connectivity index is 1.56. The van der Waals surface area contributed by atoms with Crippen molar-refractivity contribution < 1.29 is 18.9 Å². The van der Waals surface area contributed by atoms with E-state index in [1.54, 1.807) is 48.5 Å². The number of nitrogens with one attached hydrogen (secondary N) is 1. The number of nitro benzene ring substituents is 1. The zero-order valence-electron chi connectivity index (χ0n) is 15.3. The highest BCUT2D eigenvalue weighted by molar-refractivity contribution is 6.31. The van der Waals surface area contributed by atoms with Gasteiger partial charge in [-0.25, -0.2) is 5.43 Å². The van der Waals surface area contributed by atoms with Crippen molar-refractivity contribution in [2.24, 2.45) is 5.10 Å². The third-order valence-electron chi connectivity index (χ3n) is 3.87. The fourth-order valence-electron chi connectivity index (χ4n) is 2.46. The Morgan fingerprint density at radius 3 is 2.83 bits per heavy atom. The summed E-state index contributed by atoms with van der Waals surface area (Å²) in [4.78, 5) is 22.5. The van der Waals surface area contributed by atoms with Crippen LogP contribution in [0.15, 0.2) is 64.1 Å². The lowest BCUT2D eigenvalue weighted by molar-refractivity contribution is -0.384. The zero-order valence-corrected chi connectivity index (χ0v) is 16.1. The Morgan fingerprint density at radius 2 is 2.07 bits per heavy atom. The Kier molecular flexibility index (Phi) is 6.25. The smallest absolute Gasteiger partial charge is 0.280 e. The Hall–Kier alpha value is -3.65. The summed E-state index contributed by atoms with van der Waals surface area (Å²) in [6.07, 6.45) is 1.29. The maximum absolute atomic E-state index is 11.8. The maximum atomic E-state index is 11.8. The molecule has 0 saturated heterocycles. The van der Waals surface area contributed by atoms with E-state index in [2.05, 4.69) is 10.5 Å². The van der Waals surface area contributed by atoms with E-state index in [9.17, 15) is 14.9 Å². The second-order valence-electron chi connectivity index (χ2n) is 5.97. The van der Waals surface area contributed by atoms with Gasteiger partial charge in [0.15, 0.2) is 6.61 Å². The molecule has 0 unspecified atom stereocenters. The van der Waals surface area contributed by atoms with Crippen LogP contribution in [0.5, 0.6) is 5.75 Å². The molecule has 1 amide bonds. The average molecular weight is 414 g/mol. The number of para-hydroxylation sites is 1. The van der Waals surface area contributed by atoms with Gasteiger partial charge >= 0.3 is 0 Å². The number of aryl methyl sites for hydroxylation is 1. The largest absolute Gasteiger partial charge is 0.484 e. The molecule has 0 bridgehead atoms. The van der Waals surface area contributed by atoms with Gasteiger partial charge in [-0.2, -0.15) is 5.10 Å². The first kappa shape index (κ1) is 20.1. The predicted octanol–water partition coefficient (Wildman–Crippen LogP) is 4.35. The van der Waals surface area contributed by atoms with Crippen molar-refractivity contribution in [3.63, 3.8) is 0 Å². The number of nitro groups is 1. The number of carbonyl (C=O) groups is 1. The van der Waals surface area contributed by atoms with E-state index >= 15 is 0 Å². The topological polar surface area (TPSA) is 107 Å². The highest BCUT2D eigenvalue weighted by Gasteiger charge is 2.16. The molecule has 29 heavy (non-hydrogen) atoms. The predicted molar refractivity (Wildman–Crippen MR) is 108 cm³/mol. The van der Waals surface area contributed by atoms with Crippen LogP contribution in [0, 0.1) is 17.0 Å². The highest BCUT2D eigenvalue weighted by atomic mass is 35.5. The van der Waals surface area contributed by atoms with Gasteiger partial charge in [0.2, 0.25) is 0 Å². The highest BCUT2D eigenvalue weighted by Crippen LogP contribution is 2.30. The number of ether oxygens (including phenoxy) is 1. The molecule has 3 rings (SSSR count). The number of furan rings is 1. The van der Waals surface area contributed by atoms with Crippen molar-refractivity contribution in [2.75, 3.05) is 6.61 Å². The first-order valence-corrected chi connectivity index (χ1v) is 8.86. The van der Waals surface area contributed by atoms with Gasteiger partial charge in [-0.1, -0.05) is 23.7 Å². The summed E-state index contributed by atoms with van der Waals surface area (Å²) in [5.74, 6) is 0.713. The van der Waals surface area contributed by atoms with E-state index in [1.807, 2.05) is 6.92 Å². The van der Waals surface area contributed by atoms with Gasteiger partial charge in [0.25, 0.3) is 11.6 Å². The molecule has 0 radical (unpaired) electrons. The van der Waals surface area contributed by atoms with Crippen molar-refractivity contribution in [3.05, 3.63) is 81.1 Å². The van der Waals surface area contributed by atoms with Crippen LogP contribution < -0.4 is 10.2 Å². The fourth-order valence-corrected chi connectivity index (χ4v) is 2.58. The minimum atomic E-state index is -0.478. The Morgan fingerprint density at radius 1 is 1.28 bits per heavy atom. The summed E-state index contributed by atoms with van der Waals surface area (Å²) in [5, 5.41) is 15.5. The average Bonchev–Trinajstić information content (AvgIpc) is 3.17. The monoisotopic (exact) mass is 413 g/mol. The van der Waals surface area contributed by atoms with E-state index in [4.69, 9.17) is 20.8 Å². The molecule has 3 aromatic rings. The van der Waals surface area contributed by atoms with Crippen LogP contribution in [0.25, 0.3) is 11.3 Å². The van der Waals surface area contributed by atoms with Gasteiger partial charge < -0.3 is 9.15 Å². The SMILES string of the molecule is Cc1cc(OCC(=O)N/N=C/c2ccc(-c3ccccc3[N+](=O)[O-])o2)ccc1Cl. The molecule has 0 atom stereocenters. The number of amides is 1. The van der Waals surface area contributed by atoms with Crippen molar-refractivity contribution >= 4 is 29.4 Å². The molecule has 0 aliphatic rings. The molecule has 0 spiro atoms. The van der Waals surface area contributed by atoms with Crippen LogP contribution in [0.4, 0.5) is 5.69 Å². The molecule has 2 aromatic carbocycles. The number of hydrogen-bond acceptors (Lipinski definition) is 6. The molecule has 148 valence electrons. The number of hydrazone groups is 1. The van der Waals surface area contributed by atoms with Gasteiger partial charge in [-0.05, 0) is 48.9 Å². The number of halogens is 1. The molecule has 1 heterocycles. The van der Waals surface area contributed by atoms with Crippen LogP contribution in [0.1, 0.15) is 11.3 Å².